The summed E-state index contributed by atoms with van der Waals surface area (Å²) in [5, 5.41) is 1.07. The molecule has 0 radical (unpaired) electrons. The number of hydrogen-bond donors (Lipinski definition) is 1. The Kier molecular flexibility index (Phi) is 4.02. The highest BCUT2D eigenvalue weighted by molar-refractivity contribution is 7.81. The Balaban J connectivity index is 2.11. The van der Waals surface area contributed by atoms with Gasteiger partial charge in [0.2, 0.25) is 0 Å². The van der Waals surface area contributed by atoms with Crippen molar-refractivity contribution in [2.24, 2.45) is 0 Å². The fourth-order valence-corrected chi connectivity index (χ4v) is 2.73. The van der Waals surface area contributed by atoms with Gasteiger partial charge >= 0.3 is 0 Å². The van der Waals surface area contributed by atoms with Crippen LogP contribution in [0.2, 0.25) is 0 Å². The van der Waals surface area contributed by atoms with Gasteiger partial charge in [0.1, 0.15) is 5.75 Å². The summed E-state index contributed by atoms with van der Waals surface area (Å²) >= 11 is 4.29. The van der Waals surface area contributed by atoms with Gasteiger partial charge in [0.15, 0.2) is 6.10 Å². The van der Waals surface area contributed by atoms with E-state index in [9.17, 15) is 4.79 Å². The van der Waals surface area contributed by atoms with Crippen LogP contribution in [0.3, 0.4) is 0 Å². The molecule has 0 bridgehead atoms. The highest BCUT2D eigenvalue weighted by Crippen LogP contribution is 2.40. The van der Waals surface area contributed by atoms with Crippen LogP contribution in [0.5, 0.6) is 5.75 Å². The maximum Gasteiger partial charge on any atom is 0.272 e. The van der Waals surface area contributed by atoms with E-state index in [1.165, 1.54) is 0 Å². The van der Waals surface area contributed by atoms with Gasteiger partial charge in [0.05, 0.1) is 11.4 Å². The molecule has 3 rings (SSSR count). The van der Waals surface area contributed by atoms with E-state index in [0.29, 0.717) is 5.75 Å². The summed E-state index contributed by atoms with van der Waals surface area (Å²) in [4.78, 5) is 14.3. The van der Waals surface area contributed by atoms with Crippen molar-refractivity contribution in [3.8, 4) is 5.75 Å². The van der Waals surface area contributed by atoms with E-state index in [1.54, 1.807) is 16.1 Å². The lowest BCUT2D eigenvalue weighted by atomic mass is 10.1. The van der Waals surface area contributed by atoms with Crippen LogP contribution in [0, 0.1) is 0 Å². The average Bonchev–Trinajstić information content (AvgIpc) is 2.49. The molecule has 1 aliphatic heterocycles. The van der Waals surface area contributed by atoms with E-state index < -0.39 is 6.10 Å². The number of thiol groups is 1. The van der Waals surface area contributed by atoms with E-state index in [-0.39, 0.29) is 5.91 Å². The van der Waals surface area contributed by atoms with Gasteiger partial charge in [-0.05, 0) is 36.5 Å². The lowest BCUT2D eigenvalue weighted by Crippen LogP contribution is -2.41. The van der Waals surface area contributed by atoms with Crippen LogP contribution in [-0.2, 0) is 4.79 Å². The summed E-state index contributed by atoms with van der Waals surface area (Å²) in [7, 11) is 4.49. The summed E-state index contributed by atoms with van der Waals surface area (Å²) in [6.45, 7) is 1.76. The van der Waals surface area contributed by atoms with Gasteiger partial charge in [-0.2, -0.15) is 0 Å². The normalized spacial score (nSPS) is 17.0. The van der Waals surface area contributed by atoms with Crippen LogP contribution < -0.4 is 19.2 Å². The number of hydrogen-bond acceptors (Lipinski definition) is 4. The largest absolute Gasteiger partial charge is 0.479 e. The highest BCUT2D eigenvalue weighted by Gasteiger charge is 2.32. The predicted octanol–water partition coefficient (Wildman–Crippen LogP) is 2.91. The van der Waals surface area contributed by atoms with Crippen molar-refractivity contribution < 1.29 is 9.53 Å². The summed E-state index contributed by atoms with van der Waals surface area (Å²) in [6, 6.07) is 13.5. The summed E-state index contributed by atoms with van der Waals surface area (Å²) in [6.07, 6.45) is -0.524. The Morgan fingerprint density at radius 3 is 2.55 bits per heavy atom. The molecule has 0 N–H and O–H groups in total. The van der Waals surface area contributed by atoms with Gasteiger partial charge in [-0.25, -0.2) is 0 Å². The minimum Gasteiger partial charge on any atom is -0.479 e. The molecule has 0 aliphatic carbocycles. The number of benzene rings is 2. The fourth-order valence-electron chi connectivity index (χ4n) is 2.41. The van der Waals surface area contributed by atoms with Crippen LogP contribution in [0.25, 0.3) is 0 Å². The Morgan fingerprint density at radius 2 is 1.91 bits per heavy atom. The zero-order valence-electron chi connectivity index (χ0n) is 12.4. The van der Waals surface area contributed by atoms with E-state index >= 15 is 0 Å². The second-order valence-electron chi connectivity index (χ2n) is 5.20. The van der Waals surface area contributed by atoms with Gasteiger partial charge in [-0.15, -0.1) is 9.24 Å². The summed E-state index contributed by atoms with van der Waals surface area (Å²) < 4.78 is 7.46. The molecule has 2 aromatic rings. The van der Waals surface area contributed by atoms with E-state index in [1.807, 2.05) is 49.5 Å². The first kappa shape index (κ1) is 15.2. The molecule has 22 heavy (non-hydrogen) atoms. The molecule has 0 spiro atoms. The molecule has 0 fully saturated rings. The van der Waals surface area contributed by atoms with Crippen LogP contribution in [0.1, 0.15) is 6.92 Å². The van der Waals surface area contributed by atoms with Crippen molar-refractivity contribution in [2.45, 2.75) is 13.0 Å². The molecular formula is C16H17N2O2PS. The van der Waals surface area contributed by atoms with E-state index in [0.717, 1.165) is 22.4 Å². The Hall–Kier alpha value is -1.71. The highest BCUT2D eigenvalue weighted by atomic mass is 32.1. The van der Waals surface area contributed by atoms with Gasteiger partial charge in [0, 0.05) is 18.8 Å². The monoisotopic (exact) mass is 332 g/mol. The number of fused-ring (bicyclic) bond motifs is 1. The minimum absolute atomic E-state index is 0.0732. The molecule has 114 valence electrons. The minimum atomic E-state index is -0.524. The molecule has 0 aromatic heterocycles. The third-order valence-electron chi connectivity index (χ3n) is 3.58. The van der Waals surface area contributed by atoms with Crippen molar-refractivity contribution in [2.75, 3.05) is 16.3 Å². The molecule has 2 aromatic carbocycles. The number of ether oxygens (including phenoxy) is 1. The van der Waals surface area contributed by atoms with Gasteiger partial charge in [0.25, 0.3) is 5.91 Å². The van der Waals surface area contributed by atoms with E-state index in [4.69, 9.17) is 4.74 Å². The maximum absolute atomic E-state index is 12.6. The fraction of sp³-hybridized carbons (Fsp3) is 0.188. The molecular weight excluding hydrogens is 315 g/mol. The first-order chi connectivity index (χ1) is 10.5. The number of carbonyl (C=O) groups is 1. The molecule has 2 atom stereocenters. The van der Waals surface area contributed by atoms with Crippen LogP contribution in [0.4, 0.5) is 17.1 Å². The third-order valence-corrected chi connectivity index (χ3v) is 4.20. The first-order valence-electron chi connectivity index (χ1n) is 6.90. The standard InChI is InChI=1S/C16H17N2O2PS/c1-10-16(19)18(11-3-6-13(21)7-4-11)14-8-5-12(17(2)22)9-15(14)20-10/h3-10,22H,21H2,1-2H3. The molecule has 1 heterocycles. The molecule has 2 unspecified atom stereocenters. The topological polar surface area (TPSA) is 32.8 Å². The quantitative estimate of drug-likeness (QED) is 0.678. The van der Waals surface area contributed by atoms with Crippen molar-refractivity contribution in [1.29, 1.82) is 0 Å². The zero-order chi connectivity index (χ0) is 15.9. The van der Waals surface area contributed by atoms with Crippen molar-refractivity contribution in [3.63, 3.8) is 0 Å². The lowest BCUT2D eigenvalue weighted by molar-refractivity contribution is -0.124. The second kappa shape index (κ2) is 5.82. The maximum atomic E-state index is 12.6. The SMILES string of the molecule is CC1Oc2cc(N(C)S)ccc2N(c2ccc(P)cc2)C1=O. The Morgan fingerprint density at radius 1 is 1.23 bits per heavy atom. The Labute approximate surface area is 137 Å². The van der Waals surface area contributed by atoms with Crippen molar-refractivity contribution in [1.82, 2.24) is 0 Å². The third kappa shape index (κ3) is 2.67. The molecule has 0 saturated carbocycles. The van der Waals surface area contributed by atoms with Gasteiger partial charge in [-0.3, -0.25) is 9.69 Å². The number of anilines is 3. The lowest BCUT2D eigenvalue weighted by Gasteiger charge is -2.33. The average molecular weight is 332 g/mol. The molecule has 1 aliphatic rings. The van der Waals surface area contributed by atoms with E-state index in [2.05, 4.69) is 22.1 Å². The summed E-state index contributed by atoms with van der Waals surface area (Å²) in [5.41, 5.74) is 2.49. The number of nitrogens with zero attached hydrogens (tertiary/aromatic N) is 2. The van der Waals surface area contributed by atoms with Crippen LogP contribution in [-0.4, -0.2) is 19.1 Å². The second-order valence-corrected chi connectivity index (χ2v) is 6.47. The van der Waals surface area contributed by atoms with Crippen LogP contribution >= 0.6 is 22.1 Å². The van der Waals surface area contributed by atoms with Crippen molar-refractivity contribution >= 4 is 50.3 Å². The molecule has 6 heteroatoms. The van der Waals surface area contributed by atoms with Gasteiger partial charge in [-0.1, -0.05) is 24.9 Å². The van der Waals surface area contributed by atoms with Crippen molar-refractivity contribution in [3.05, 3.63) is 42.5 Å². The molecule has 4 nitrogen and oxygen atoms in total. The zero-order valence-corrected chi connectivity index (χ0v) is 14.4. The smallest absolute Gasteiger partial charge is 0.272 e. The summed E-state index contributed by atoms with van der Waals surface area (Å²) in [5.74, 6) is 0.608. The number of carbonyl (C=O) groups excluding carboxylic acids is 1. The molecule has 0 saturated heterocycles. The van der Waals surface area contributed by atoms with Crippen LogP contribution in [0.15, 0.2) is 42.5 Å². The predicted molar refractivity (Wildman–Crippen MR) is 96.9 cm³/mol. The molecule has 1 amide bonds. The van der Waals surface area contributed by atoms with Gasteiger partial charge < -0.3 is 9.04 Å². The Bertz CT molecular complexity index is 719. The number of amides is 1. The first-order valence-corrected chi connectivity index (χ1v) is 7.88. The number of rotatable bonds is 2.